The largest absolute Gasteiger partial charge is 0.0850 e. The zero-order valence-corrected chi connectivity index (χ0v) is 12.6. The van der Waals surface area contributed by atoms with Crippen molar-refractivity contribution in [3.63, 3.8) is 0 Å². The van der Waals surface area contributed by atoms with E-state index in [-0.39, 0.29) is 0 Å². The van der Waals surface area contributed by atoms with Crippen LogP contribution in [0.3, 0.4) is 0 Å². The van der Waals surface area contributed by atoms with E-state index in [0.29, 0.717) is 5.41 Å². The maximum atomic E-state index is 2.61. The summed E-state index contributed by atoms with van der Waals surface area (Å²) >= 11 is 0. The average Bonchev–Trinajstić information content (AvgIpc) is 2.75. The van der Waals surface area contributed by atoms with E-state index < -0.39 is 0 Å². The summed E-state index contributed by atoms with van der Waals surface area (Å²) in [6.45, 7) is 4.97. The third-order valence-electron chi connectivity index (χ3n) is 7.35. The second-order valence-corrected chi connectivity index (χ2v) is 7.87. The molecule has 0 aromatic rings. The lowest BCUT2D eigenvalue weighted by atomic mass is 9.51. The molecule has 19 heavy (non-hydrogen) atoms. The Labute approximate surface area is 118 Å². The summed E-state index contributed by atoms with van der Waals surface area (Å²) in [6.07, 6.45) is 16.8. The van der Waals surface area contributed by atoms with Gasteiger partial charge in [0.1, 0.15) is 0 Å². The van der Waals surface area contributed by atoms with Gasteiger partial charge in [-0.15, -0.1) is 0 Å². The molecule has 4 unspecified atom stereocenters. The highest BCUT2D eigenvalue weighted by atomic mass is 14.6. The third-order valence-corrected chi connectivity index (χ3v) is 7.35. The number of allylic oxidation sites excluding steroid dienone is 4. The van der Waals surface area contributed by atoms with Crippen LogP contribution in [0.2, 0.25) is 0 Å². The Morgan fingerprint density at radius 2 is 2.00 bits per heavy atom. The molecule has 0 aromatic carbocycles. The Kier molecular flexibility index (Phi) is 2.73. The number of rotatable bonds is 0. The molecule has 0 radical (unpaired) electrons. The minimum absolute atomic E-state index is 0.567. The fourth-order valence-electron chi connectivity index (χ4n) is 6.08. The topological polar surface area (TPSA) is 0 Å². The maximum absolute atomic E-state index is 2.61. The van der Waals surface area contributed by atoms with Crippen molar-refractivity contribution in [3.8, 4) is 0 Å². The zero-order chi connectivity index (χ0) is 13.0. The summed E-state index contributed by atoms with van der Waals surface area (Å²) in [5.41, 5.74) is 4.14. The molecule has 0 spiro atoms. The number of hydrogen-bond acceptors (Lipinski definition) is 0. The molecule has 4 aliphatic rings. The van der Waals surface area contributed by atoms with E-state index >= 15 is 0 Å². The van der Waals surface area contributed by atoms with Crippen LogP contribution in [0.15, 0.2) is 23.3 Å². The summed E-state index contributed by atoms with van der Waals surface area (Å²) in [5, 5.41) is 0. The fraction of sp³-hybridized carbons (Fsp3) is 0.789. The van der Waals surface area contributed by atoms with Gasteiger partial charge in [-0.1, -0.05) is 30.2 Å². The van der Waals surface area contributed by atoms with Crippen molar-refractivity contribution in [2.75, 3.05) is 0 Å². The molecule has 104 valence electrons. The molecule has 0 bridgehead atoms. The van der Waals surface area contributed by atoms with Crippen LogP contribution in [0.25, 0.3) is 0 Å². The molecular weight excluding hydrogens is 228 g/mol. The van der Waals surface area contributed by atoms with Crippen molar-refractivity contribution >= 4 is 0 Å². The van der Waals surface area contributed by atoms with Crippen molar-refractivity contribution < 1.29 is 0 Å². The van der Waals surface area contributed by atoms with E-state index in [4.69, 9.17) is 0 Å². The van der Waals surface area contributed by atoms with E-state index in [2.05, 4.69) is 26.0 Å². The van der Waals surface area contributed by atoms with Gasteiger partial charge in [0.25, 0.3) is 0 Å². The van der Waals surface area contributed by atoms with Gasteiger partial charge in [-0.05, 0) is 87.4 Å². The normalized spacial score (nSPS) is 48.7. The SMILES string of the molecule is CC1=CCC2C3CCC4=CCCCC4C3CC[C@]12C. The summed E-state index contributed by atoms with van der Waals surface area (Å²) in [6, 6.07) is 0. The molecule has 0 saturated heterocycles. The number of fused-ring (bicyclic) bond motifs is 5. The minimum atomic E-state index is 0.567. The standard InChI is InChI=1S/C19H28/c1-13-7-10-18-17-9-8-14-5-3-4-6-15(14)16(17)11-12-19(13,18)2/h5,7,15-18H,3-4,6,8-12H2,1-2H3/t15?,16?,17?,18?,19-/m1/s1. The first-order chi connectivity index (χ1) is 9.20. The Morgan fingerprint density at radius 1 is 1.11 bits per heavy atom. The van der Waals surface area contributed by atoms with Crippen LogP contribution in [0.4, 0.5) is 0 Å². The van der Waals surface area contributed by atoms with E-state index in [1.807, 2.05) is 5.57 Å². The lowest BCUT2D eigenvalue weighted by Gasteiger charge is -2.53. The van der Waals surface area contributed by atoms with Gasteiger partial charge in [0.05, 0.1) is 0 Å². The molecule has 0 heterocycles. The zero-order valence-electron chi connectivity index (χ0n) is 12.6. The van der Waals surface area contributed by atoms with Crippen LogP contribution in [0.5, 0.6) is 0 Å². The van der Waals surface area contributed by atoms with E-state index in [9.17, 15) is 0 Å². The van der Waals surface area contributed by atoms with Crippen molar-refractivity contribution in [2.45, 2.75) is 65.2 Å². The molecule has 0 N–H and O–H groups in total. The fourth-order valence-corrected chi connectivity index (χ4v) is 6.08. The second-order valence-electron chi connectivity index (χ2n) is 7.87. The lowest BCUT2D eigenvalue weighted by Crippen LogP contribution is -2.45. The van der Waals surface area contributed by atoms with Gasteiger partial charge >= 0.3 is 0 Å². The van der Waals surface area contributed by atoms with Gasteiger partial charge in [0, 0.05) is 0 Å². The Bertz CT molecular complexity index is 441. The molecule has 5 atom stereocenters. The Hall–Kier alpha value is -0.520. The smallest absolute Gasteiger partial charge is 0.00851 e. The molecular formula is C19H28. The molecule has 0 heteroatoms. The first-order valence-corrected chi connectivity index (χ1v) is 8.56. The first-order valence-electron chi connectivity index (χ1n) is 8.56. The van der Waals surface area contributed by atoms with Crippen molar-refractivity contribution in [1.82, 2.24) is 0 Å². The van der Waals surface area contributed by atoms with Crippen LogP contribution in [-0.4, -0.2) is 0 Å². The predicted octanol–water partition coefficient (Wildman–Crippen LogP) is 5.51. The van der Waals surface area contributed by atoms with Gasteiger partial charge < -0.3 is 0 Å². The van der Waals surface area contributed by atoms with Crippen LogP contribution in [0.1, 0.15) is 65.2 Å². The molecule has 2 fully saturated rings. The molecule has 0 aliphatic heterocycles. The monoisotopic (exact) mass is 256 g/mol. The second kappa shape index (κ2) is 4.24. The molecule has 4 aliphatic carbocycles. The third kappa shape index (κ3) is 1.64. The molecule has 0 amide bonds. The summed E-state index contributed by atoms with van der Waals surface area (Å²) < 4.78 is 0. The molecule has 2 saturated carbocycles. The van der Waals surface area contributed by atoms with Gasteiger partial charge in [-0.2, -0.15) is 0 Å². The van der Waals surface area contributed by atoms with E-state index in [1.165, 1.54) is 51.4 Å². The molecule has 0 aromatic heterocycles. The summed E-state index contributed by atoms with van der Waals surface area (Å²) in [4.78, 5) is 0. The van der Waals surface area contributed by atoms with Gasteiger partial charge in [-0.3, -0.25) is 0 Å². The average molecular weight is 256 g/mol. The summed E-state index contributed by atoms with van der Waals surface area (Å²) in [7, 11) is 0. The van der Waals surface area contributed by atoms with Crippen LogP contribution < -0.4 is 0 Å². The number of hydrogen-bond donors (Lipinski definition) is 0. The quantitative estimate of drug-likeness (QED) is 0.502. The van der Waals surface area contributed by atoms with E-state index in [0.717, 1.165) is 23.7 Å². The highest BCUT2D eigenvalue weighted by molar-refractivity contribution is 5.25. The minimum Gasteiger partial charge on any atom is -0.0850 e. The highest BCUT2D eigenvalue weighted by Crippen LogP contribution is 2.61. The van der Waals surface area contributed by atoms with Crippen LogP contribution in [0, 0.1) is 29.1 Å². The van der Waals surface area contributed by atoms with Gasteiger partial charge in [0.2, 0.25) is 0 Å². The van der Waals surface area contributed by atoms with Crippen molar-refractivity contribution in [2.24, 2.45) is 29.1 Å². The van der Waals surface area contributed by atoms with Crippen molar-refractivity contribution in [1.29, 1.82) is 0 Å². The molecule has 4 rings (SSSR count). The molecule has 0 nitrogen and oxygen atoms in total. The first kappa shape index (κ1) is 12.2. The van der Waals surface area contributed by atoms with Crippen LogP contribution >= 0.6 is 0 Å². The summed E-state index contributed by atoms with van der Waals surface area (Å²) in [5.74, 6) is 4.04. The van der Waals surface area contributed by atoms with Gasteiger partial charge in [0.15, 0.2) is 0 Å². The maximum Gasteiger partial charge on any atom is -0.00851 e. The van der Waals surface area contributed by atoms with Gasteiger partial charge in [-0.25, -0.2) is 0 Å². The van der Waals surface area contributed by atoms with Crippen LogP contribution in [-0.2, 0) is 0 Å². The highest BCUT2D eigenvalue weighted by Gasteiger charge is 2.52. The predicted molar refractivity (Wildman–Crippen MR) is 80.8 cm³/mol. The lowest BCUT2D eigenvalue weighted by molar-refractivity contribution is 0.00917. The Morgan fingerprint density at radius 3 is 2.89 bits per heavy atom. The van der Waals surface area contributed by atoms with Crippen molar-refractivity contribution in [3.05, 3.63) is 23.3 Å². The Balaban J connectivity index is 1.64. The van der Waals surface area contributed by atoms with E-state index in [1.54, 1.807) is 5.57 Å².